The van der Waals surface area contributed by atoms with Crippen molar-refractivity contribution in [2.75, 3.05) is 18.5 Å². The van der Waals surface area contributed by atoms with Crippen molar-refractivity contribution in [1.29, 1.82) is 0 Å². The normalized spacial score (nSPS) is 11.0. The quantitative estimate of drug-likeness (QED) is 0.295. The third-order valence-corrected chi connectivity index (χ3v) is 4.59. The summed E-state index contributed by atoms with van der Waals surface area (Å²) in [6, 6.07) is 7.52. The summed E-state index contributed by atoms with van der Waals surface area (Å²) < 4.78 is 8.75. The number of hydrogen-bond acceptors (Lipinski definition) is 9. The Morgan fingerprint density at radius 1 is 1.19 bits per heavy atom. The zero-order valence-corrected chi connectivity index (χ0v) is 17.3. The highest BCUT2D eigenvalue weighted by Crippen LogP contribution is 2.20. The number of aromatic nitrogens is 7. The van der Waals surface area contributed by atoms with Gasteiger partial charge in [-0.25, -0.2) is 4.98 Å². The van der Waals surface area contributed by atoms with Crippen LogP contribution in [0.4, 0.5) is 11.6 Å². The second-order valence-electron chi connectivity index (χ2n) is 7.00. The Bertz CT molecular complexity index is 1190. The Morgan fingerprint density at radius 3 is 2.81 bits per heavy atom. The van der Waals surface area contributed by atoms with E-state index in [4.69, 9.17) is 15.6 Å². The van der Waals surface area contributed by atoms with Gasteiger partial charge in [0.25, 0.3) is 0 Å². The summed E-state index contributed by atoms with van der Waals surface area (Å²) in [7, 11) is 0. The van der Waals surface area contributed by atoms with E-state index in [0.717, 1.165) is 24.3 Å². The second-order valence-corrected chi connectivity index (χ2v) is 7.00. The Kier molecular flexibility index (Phi) is 6.51. The second kappa shape index (κ2) is 9.83. The zero-order valence-electron chi connectivity index (χ0n) is 17.3. The molecule has 0 unspecified atom stereocenters. The van der Waals surface area contributed by atoms with Crippen LogP contribution in [0.1, 0.15) is 19.3 Å². The molecule has 3 heterocycles. The molecule has 4 N–H and O–H groups in total. The maximum Gasteiger partial charge on any atom is 0.305 e. The topological polar surface area (TPSA) is 159 Å². The third kappa shape index (κ3) is 5.16. The number of ether oxygens (including phenoxy) is 1. The SMILES string of the molecule is NCCCCOc1ccc(Nc2ncc3nnn(-c4cnn(CCC(=O)O)c4)c3n2)cc1. The number of nitrogens with one attached hydrogen (secondary N) is 1. The van der Waals surface area contributed by atoms with E-state index < -0.39 is 5.97 Å². The molecule has 0 aliphatic rings. The molecule has 0 radical (unpaired) electrons. The van der Waals surface area contributed by atoms with Gasteiger partial charge in [0, 0.05) is 5.69 Å². The number of aryl methyl sites for hydroxylation is 1. The van der Waals surface area contributed by atoms with E-state index in [1.165, 1.54) is 9.36 Å². The predicted octanol–water partition coefficient (Wildman–Crippen LogP) is 1.74. The number of aliphatic carboxylic acids is 1. The van der Waals surface area contributed by atoms with Gasteiger partial charge in [-0.15, -0.1) is 5.10 Å². The van der Waals surface area contributed by atoms with E-state index >= 15 is 0 Å². The van der Waals surface area contributed by atoms with E-state index in [2.05, 4.69) is 30.7 Å². The molecular weight excluding hydrogens is 414 g/mol. The molecule has 0 fully saturated rings. The first-order valence-corrected chi connectivity index (χ1v) is 10.2. The summed E-state index contributed by atoms with van der Waals surface area (Å²) in [4.78, 5) is 19.6. The molecular formula is C20H23N9O3. The van der Waals surface area contributed by atoms with Crippen molar-refractivity contribution in [3.63, 3.8) is 0 Å². The van der Waals surface area contributed by atoms with Crippen LogP contribution in [-0.2, 0) is 11.3 Å². The Hall–Kier alpha value is -4.06. The van der Waals surface area contributed by atoms with E-state index in [1.807, 2.05) is 24.3 Å². The molecule has 0 aliphatic heterocycles. The molecule has 0 bridgehead atoms. The first-order valence-electron chi connectivity index (χ1n) is 10.2. The molecule has 4 aromatic rings. The van der Waals surface area contributed by atoms with Crippen LogP contribution in [0.2, 0.25) is 0 Å². The van der Waals surface area contributed by atoms with Crippen molar-refractivity contribution in [3.8, 4) is 11.4 Å². The van der Waals surface area contributed by atoms with Crippen molar-refractivity contribution < 1.29 is 14.6 Å². The molecule has 0 spiro atoms. The average Bonchev–Trinajstić information content (AvgIpc) is 3.43. The first-order chi connectivity index (χ1) is 15.6. The molecule has 0 aliphatic carbocycles. The fourth-order valence-corrected chi connectivity index (χ4v) is 2.96. The van der Waals surface area contributed by atoms with Crippen LogP contribution in [0.15, 0.2) is 42.9 Å². The van der Waals surface area contributed by atoms with Crippen molar-refractivity contribution >= 4 is 28.8 Å². The molecule has 3 aromatic heterocycles. The molecule has 0 saturated heterocycles. The number of unbranched alkanes of at least 4 members (excludes halogenated alkanes) is 1. The maximum absolute atomic E-state index is 10.8. The average molecular weight is 437 g/mol. The summed E-state index contributed by atoms with van der Waals surface area (Å²) in [6.07, 6.45) is 6.69. The Balaban J connectivity index is 1.46. The number of carboxylic acids is 1. The van der Waals surface area contributed by atoms with Crippen LogP contribution in [0.5, 0.6) is 5.75 Å². The summed E-state index contributed by atoms with van der Waals surface area (Å²) in [6.45, 7) is 1.56. The van der Waals surface area contributed by atoms with E-state index in [9.17, 15) is 4.79 Å². The molecule has 4 rings (SSSR count). The number of carboxylic acid groups (broad SMARTS) is 1. The highest BCUT2D eigenvalue weighted by Gasteiger charge is 2.12. The summed E-state index contributed by atoms with van der Waals surface area (Å²) >= 11 is 0. The number of fused-ring (bicyclic) bond motifs is 1. The summed E-state index contributed by atoms with van der Waals surface area (Å²) in [5.41, 5.74) is 7.94. The van der Waals surface area contributed by atoms with Gasteiger partial charge >= 0.3 is 5.97 Å². The maximum atomic E-state index is 10.8. The van der Waals surface area contributed by atoms with E-state index in [-0.39, 0.29) is 13.0 Å². The number of anilines is 2. The smallest absolute Gasteiger partial charge is 0.305 e. The fraction of sp³-hybridized carbons (Fsp3) is 0.300. The number of nitrogens with two attached hydrogens (primary N) is 1. The number of hydrogen-bond donors (Lipinski definition) is 3. The molecule has 1 aromatic carbocycles. The zero-order chi connectivity index (χ0) is 22.3. The minimum Gasteiger partial charge on any atom is -0.494 e. The van der Waals surface area contributed by atoms with Gasteiger partial charge in [0.05, 0.1) is 38.2 Å². The highest BCUT2D eigenvalue weighted by molar-refractivity contribution is 5.72. The largest absolute Gasteiger partial charge is 0.494 e. The van der Waals surface area contributed by atoms with Crippen molar-refractivity contribution in [2.24, 2.45) is 5.73 Å². The number of nitrogens with zero attached hydrogens (tertiary/aromatic N) is 7. The van der Waals surface area contributed by atoms with Crippen LogP contribution in [0, 0.1) is 0 Å². The molecule has 0 amide bonds. The van der Waals surface area contributed by atoms with Crippen LogP contribution in [-0.4, -0.2) is 59.0 Å². The highest BCUT2D eigenvalue weighted by atomic mass is 16.5. The lowest BCUT2D eigenvalue weighted by molar-refractivity contribution is -0.137. The lowest BCUT2D eigenvalue weighted by atomic mass is 10.3. The lowest BCUT2D eigenvalue weighted by Crippen LogP contribution is -2.05. The van der Waals surface area contributed by atoms with Gasteiger partial charge in [-0.2, -0.15) is 14.8 Å². The molecule has 12 nitrogen and oxygen atoms in total. The molecule has 166 valence electrons. The minimum atomic E-state index is -0.886. The molecule has 12 heteroatoms. The van der Waals surface area contributed by atoms with Gasteiger partial charge in [-0.1, -0.05) is 5.21 Å². The van der Waals surface area contributed by atoms with Gasteiger partial charge in [0.2, 0.25) is 5.95 Å². The Morgan fingerprint density at radius 2 is 2.03 bits per heavy atom. The Labute approximate surface area is 183 Å². The summed E-state index contributed by atoms with van der Waals surface area (Å²) in [5.74, 6) is 0.282. The molecule has 0 saturated carbocycles. The first kappa shape index (κ1) is 21.2. The van der Waals surface area contributed by atoms with Gasteiger partial charge in [-0.05, 0) is 43.7 Å². The van der Waals surface area contributed by atoms with Gasteiger partial charge in [0.1, 0.15) is 11.4 Å². The lowest BCUT2D eigenvalue weighted by Gasteiger charge is -2.08. The number of benzene rings is 1. The fourth-order valence-electron chi connectivity index (χ4n) is 2.96. The third-order valence-electron chi connectivity index (χ3n) is 4.59. The van der Waals surface area contributed by atoms with Crippen molar-refractivity contribution in [2.45, 2.75) is 25.8 Å². The van der Waals surface area contributed by atoms with E-state index in [1.54, 1.807) is 18.6 Å². The predicted molar refractivity (Wildman–Crippen MR) is 116 cm³/mol. The van der Waals surface area contributed by atoms with Crippen molar-refractivity contribution in [1.82, 2.24) is 34.7 Å². The van der Waals surface area contributed by atoms with Gasteiger partial charge in [0.15, 0.2) is 11.2 Å². The number of rotatable bonds is 11. The van der Waals surface area contributed by atoms with Crippen LogP contribution >= 0.6 is 0 Å². The van der Waals surface area contributed by atoms with E-state index in [0.29, 0.717) is 36.0 Å². The standard InChI is InChI=1S/C20H23N9O3/c21-8-1-2-10-32-16-5-3-14(4-6-16)24-20-22-12-17-19(25-20)29(27-26-17)15-11-23-28(13-15)9-7-18(30)31/h3-6,11-13H,1-2,7-10,21H2,(H,30,31)(H,22,24,25). The van der Waals surface area contributed by atoms with Gasteiger partial charge < -0.3 is 20.9 Å². The monoisotopic (exact) mass is 437 g/mol. The van der Waals surface area contributed by atoms with Crippen molar-refractivity contribution in [3.05, 3.63) is 42.9 Å². The number of carbonyl (C=O) groups is 1. The summed E-state index contributed by atoms with van der Waals surface area (Å²) in [5, 5.41) is 24.4. The van der Waals surface area contributed by atoms with Crippen LogP contribution in [0.3, 0.4) is 0 Å². The minimum absolute atomic E-state index is 0.0208. The van der Waals surface area contributed by atoms with Crippen LogP contribution in [0.25, 0.3) is 16.9 Å². The molecule has 32 heavy (non-hydrogen) atoms. The molecule has 0 atom stereocenters. The van der Waals surface area contributed by atoms with Gasteiger partial charge in [-0.3, -0.25) is 9.48 Å². The van der Waals surface area contributed by atoms with Crippen LogP contribution < -0.4 is 15.8 Å².